The number of nitrogens with one attached hydrogen (secondary N) is 2. The Kier molecular flexibility index (Phi) is 12.4. The van der Waals surface area contributed by atoms with Crippen molar-refractivity contribution in [3.63, 3.8) is 0 Å². The average molecular weight is 736 g/mol. The Morgan fingerprint density at radius 3 is 2.52 bits per heavy atom. The molecule has 2 fully saturated rings. The van der Waals surface area contributed by atoms with Gasteiger partial charge in [0.05, 0.1) is 18.2 Å². The van der Waals surface area contributed by atoms with Crippen molar-refractivity contribution in [2.75, 3.05) is 31.1 Å². The number of hydrogen-bond acceptors (Lipinski definition) is 14. The number of nitrogens with zero attached hydrogens (tertiary/aromatic N) is 9. The number of hydrogen-bond donors (Lipinski definition) is 2. The van der Waals surface area contributed by atoms with Crippen molar-refractivity contribution in [3.05, 3.63) is 47.2 Å². The van der Waals surface area contributed by atoms with Crippen molar-refractivity contribution in [1.82, 2.24) is 50.8 Å². The first kappa shape index (κ1) is 38.5. The fraction of sp³-hybridized carbons (Fsp3) is 0.393. The summed E-state index contributed by atoms with van der Waals surface area (Å²) < 4.78 is 0. The van der Waals surface area contributed by atoms with Crippen molar-refractivity contribution < 1.29 is 68.2 Å². The van der Waals surface area contributed by atoms with Crippen LogP contribution in [0, 0.1) is 0 Å². The van der Waals surface area contributed by atoms with Crippen LogP contribution >= 0.6 is 23.5 Å². The predicted molar refractivity (Wildman–Crippen MR) is 169 cm³/mol. The molecule has 0 bridgehead atoms. The number of rotatable bonds is 14. The van der Waals surface area contributed by atoms with Crippen LogP contribution in [0.4, 0.5) is 0 Å². The minimum Gasteiger partial charge on any atom is -0.543 e. The maximum Gasteiger partial charge on any atom is 1.00 e. The molecule has 5 rings (SSSR count). The van der Waals surface area contributed by atoms with E-state index in [-0.39, 0.29) is 84.2 Å². The Bertz CT molecular complexity index is 1760. The van der Waals surface area contributed by atoms with Gasteiger partial charge in [-0.05, 0) is 42.3 Å². The zero-order valence-corrected chi connectivity index (χ0v) is 31.0. The third kappa shape index (κ3) is 7.13. The number of hydrazine groups is 1. The fourth-order valence-electron chi connectivity index (χ4n) is 5.53. The van der Waals surface area contributed by atoms with E-state index < -0.39 is 52.4 Å². The van der Waals surface area contributed by atoms with Crippen molar-refractivity contribution in [2.45, 2.75) is 43.0 Å². The summed E-state index contributed by atoms with van der Waals surface area (Å²) in [7, 11) is 0. The van der Waals surface area contributed by atoms with Crippen molar-refractivity contribution in [3.8, 4) is 0 Å². The summed E-state index contributed by atoms with van der Waals surface area (Å²) >= 11 is 2.14. The van der Waals surface area contributed by atoms with Gasteiger partial charge in [-0.3, -0.25) is 33.7 Å². The summed E-state index contributed by atoms with van der Waals surface area (Å²) in [6.07, 6.45) is 0.402. The number of benzene rings is 1. The molecular weight excluding hydrogens is 706 g/mol. The van der Waals surface area contributed by atoms with E-state index in [0.29, 0.717) is 11.3 Å². The Labute approximate surface area is 315 Å². The Morgan fingerprint density at radius 2 is 1.90 bits per heavy atom. The van der Waals surface area contributed by atoms with E-state index in [0.717, 1.165) is 38.4 Å². The fourth-order valence-corrected chi connectivity index (χ4v) is 7.91. The molecule has 2 N–H and O–H groups in total. The normalized spacial score (nSPS) is 20.6. The van der Waals surface area contributed by atoms with Crippen LogP contribution in [0.25, 0.3) is 0 Å². The predicted octanol–water partition coefficient (Wildman–Crippen LogP) is -5.70. The second-order valence-electron chi connectivity index (χ2n) is 10.9. The van der Waals surface area contributed by atoms with Crippen LogP contribution in [-0.2, 0) is 33.6 Å². The van der Waals surface area contributed by atoms with Crippen molar-refractivity contribution in [1.29, 1.82) is 0 Å². The standard InChI is InChI=1S/C28H31N11O8S2.Na/c1-4-35-10-11-36(23(44)22(35)43)37(15-41)19(17-8-6-5-7-9-17)21(42)30-28(29-14-40)25(47)38-20(24(45)46)18(12-48-26(28)38)13-49-27-31-33-34-39(27)32-16(2)3;/h5-9,14-15,19,26H,4,10-13H2,1-3H3,(H,29,40)(H,30,42)(H,45,46);/q;+1/p-1/t19?,26-,28+;/m0./s1. The first-order chi connectivity index (χ1) is 23.5. The molecule has 2 saturated heterocycles. The summed E-state index contributed by atoms with van der Waals surface area (Å²) in [5.41, 5.74) is -1.42. The molecule has 0 aliphatic carbocycles. The van der Waals surface area contributed by atoms with Gasteiger partial charge >= 0.3 is 41.4 Å². The number of carbonyl (C=O) groups is 7. The van der Waals surface area contributed by atoms with Crippen LogP contribution in [0.3, 0.4) is 0 Å². The molecule has 22 heteroatoms. The maximum atomic E-state index is 14.2. The average Bonchev–Trinajstić information content (AvgIpc) is 3.52. The molecule has 4 heterocycles. The summed E-state index contributed by atoms with van der Waals surface area (Å²) in [5, 5.41) is 33.4. The molecule has 3 aliphatic rings. The molecule has 0 radical (unpaired) electrons. The zero-order chi connectivity index (χ0) is 35.5. The number of aliphatic carboxylic acids is 1. The van der Waals surface area contributed by atoms with Crippen LogP contribution in [0.2, 0.25) is 0 Å². The van der Waals surface area contributed by atoms with E-state index in [1.807, 2.05) is 0 Å². The van der Waals surface area contributed by atoms with Crippen LogP contribution in [0.1, 0.15) is 32.4 Å². The molecule has 258 valence electrons. The molecule has 0 saturated carbocycles. The number of carbonyl (C=O) groups excluding carboxylic acids is 7. The number of β-lactam (4-membered cyclic amide) rings is 1. The van der Waals surface area contributed by atoms with Crippen molar-refractivity contribution in [2.24, 2.45) is 5.10 Å². The SMILES string of the molecule is CCN1CCN(N(C=O)C(C(=O)N[C@]2(NC=O)C(=O)N3C(C(=O)[O-])=C(CSc4nnnn4N=C(C)C)CS[C@H]32)c2ccccc2)C(=O)C1=O.[Na+]. The number of thioether (sulfide) groups is 2. The summed E-state index contributed by atoms with van der Waals surface area (Å²) in [6, 6.07) is 6.24. The van der Waals surface area contributed by atoms with E-state index >= 15 is 0 Å². The number of aromatic nitrogens is 4. The molecule has 2 aromatic rings. The first-order valence-electron chi connectivity index (χ1n) is 14.7. The molecule has 6 amide bonds. The van der Waals surface area contributed by atoms with Gasteiger partial charge in [-0.15, -0.1) is 16.6 Å². The second kappa shape index (κ2) is 16.1. The quantitative estimate of drug-likeness (QED) is 0.0351. The number of tetrazole rings is 1. The minimum atomic E-state index is -2.15. The largest absolute Gasteiger partial charge is 1.00 e. The van der Waals surface area contributed by atoms with Crippen LogP contribution < -0.4 is 45.3 Å². The maximum absolute atomic E-state index is 14.2. The Hall–Kier alpha value is -4.31. The number of amides is 6. The molecule has 3 aliphatic heterocycles. The van der Waals surface area contributed by atoms with Crippen LogP contribution in [0.15, 0.2) is 51.9 Å². The molecule has 0 spiro atoms. The van der Waals surface area contributed by atoms with Gasteiger partial charge in [0.15, 0.2) is 6.04 Å². The molecular formula is C28H30N11NaO8S2. The van der Waals surface area contributed by atoms with Gasteiger partial charge in [-0.1, -0.05) is 47.2 Å². The second-order valence-corrected chi connectivity index (χ2v) is 12.9. The van der Waals surface area contributed by atoms with Crippen LogP contribution in [0.5, 0.6) is 0 Å². The molecule has 1 aromatic heterocycles. The van der Waals surface area contributed by atoms with Gasteiger partial charge in [-0.25, -0.2) is 10.0 Å². The third-order valence-electron chi connectivity index (χ3n) is 7.73. The molecule has 50 heavy (non-hydrogen) atoms. The van der Waals surface area contributed by atoms with E-state index in [9.17, 15) is 38.7 Å². The molecule has 19 nitrogen and oxygen atoms in total. The molecule has 1 aromatic carbocycles. The monoisotopic (exact) mass is 735 g/mol. The van der Waals surface area contributed by atoms with Gasteiger partial charge < -0.3 is 25.4 Å². The smallest absolute Gasteiger partial charge is 0.543 e. The van der Waals surface area contributed by atoms with Gasteiger partial charge in [-0.2, -0.15) is 5.10 Å². The number of carboxylic acid groups (broad SMARTS) is 1. The molecule has 3 atom stereocenters. The van der Waals surface area contributed by atoms with E-state index in [1.54, 1.807) is 39.0 Å². The Balaban J connectivity index is 0.00000562. The van der Waals surface area contributed by atoms with E-state index in [1.165, 1.54) is 21.8 Å². The van der Waals surface area contributed by atoms with E-state index in [2.05, 4.69) is 31.3 Å². The van der Waals surface area contributed by atoms with Gasteiger partial charge in [0.1, 0.15) is 5.37 Å². The topological polar surface area (TPSA) is 236 Å². The van der Waals surface area contributed by atoms with Crippen LogP contribution in [-0.4, -0.2) is 130 Å². The van der Waals surface area contributed by atoms with E-state index in [4.69, 9.17) is 0 Å². The summed E-state index contributed by atoms with van der Waals surface area (Å²) in [5.74, 6) is -5.48. The first-order valence-corrected chi connectivity index (χ1v) is 16.8. The Morgan fingerprint density at radius 1 is 1.18 bits per heavy atom. The summed E-state index contributed by atoms with van der Waals surface area (Å²) in [6.45, 7) is 5.42. The number of fused-ring (bicyclic) bond motifs is 1. The van der Waals surface area contributed by atoms with Gasteiger partial charge in [0.25, 0.3) is 11.8 Å². The number of carboxylic acids is 1. The number of likely N-dealkylation sites (N-methyl/N-ethyl adjacent to an activating group) is 1. The zero-order valence-electron chi connectivity index (χ0n) is 27.3. The third-order valence-corrected chi connectivity index (χ3v) is 10.1. The van der Waals surface area contributed by atoms with Crippen molar-refractivity contribution >= 4 is 71.7 Å². The summed E-state index contributed by atoms with van der Waals surface area (Å²) in [4.78, 5) is 94.0. The minimum absolute atomic E-state index is 0. The van der Waals surface area contributed by atoms with Gasteiger partial charge in [0, 0.05) is 30.3 Å². The number of piperazine rings is 1. The molecule has 1 unspecified atom stereocenters. The van der Waals surface area contributed by atoms with Gasteiger partial charge in [0.2, 0.25) is 23.6 Å².